The predicted molar refractivity (Wildman–Crippen MR) is 78.9 cm³/mol. The molecule has 2 atom stereocenters. The number of aliphatic hydroxyl groups is 1. The molecule has 0 spiro atoms. The van der Waals surface area contributed by atoms with E-state index in [1.165, 1.54) is 13.8 Å². The van der Waals surface area contributed by atoms with Crippen LogP contribution in [0.1, 0.15) is 25.5 Å². The Bertz CT molecular complexity index is 532. The highest BCUT2D eigenvalue weighted by molar-refractivity contribution is 5.87. The summed E-state index contributed by atoms with van der Waals surface area (Å²) in [5.41, 5.74) is 0.384. The standard InChI is InChI=1S/C15H20N2O5/c1-10(15(21)22)17(9-8-16-11(2)18)14(20)13(19)12-6-4-3-5-7-12/h3-7,10,13,19H,8-9H2,1-2H3,(H,16,18)(H,21,22)/t10?,13-/m1/s1. The summed E-state index contributed by atoms with van der Waals surface area (Å²) in [6.45, 7) is 2.79. The quantitative estimate of drug-likeness (QED) is 0.665. The number of amides is 2. The molecule has 7 nitrogen and oxygen atoms in total. The van der Waals surface area contributed by atoms with E-state index >= 15 is 0 Å². The van der Waals surface area contributed by atoms with Crippen LogP contribution >= 0.6 is 0 Å². The molecule has 3 N–H and O–H groups in total. The van der Waals surface area contributed by atoms with E-state index in [9.17, 15) is 19.5 Å². The third-order valence-electron chi connectivity index (χ3n) is 3.18. The molecule has 7 heteroatoms. The number of benzene rings is 1. The van der Waals surface area contributed by atoms with Crippen LogP contribution in [0, 0.1) is 0 Å². The lowest BCUT2D eigenvalue weighted by atomic mass is 10.1. The molecule has 1 aromatic rings. The van der Waals surface area contributed by atoms with Gasteiger partial charge >= 0.3 is 5.97 Å². The van der Waals surface area contributed by atoms with E-state index in [2.05, 4.69) is 5.32 Å². The number of carboxylic acids is 1. The van der Waals surface area contributed by atoms with Crippen molar-refractivity contribution in [3.63, 3.8) is 0 Å². The van der Waals surface area contributed by atoms with E-state index in [1.807, 2.05) is 0 Å². The molecule has 22 heavy (non-hydrogen) atoms. The Kier molecular flexibility index (Phi) is 6.52. The average Bonchev–Trinajstić information content (AvgIpc) is 2.50. The monoisotopic (exact) mass is 308 g/mol. The predicted octanol–water partition coefficient (Wildman–Crippen LogP) is 0.158. The Balaban J connectivity index is 2.86. The summed E-state index contributed by atoms with van der Waals surface area (Å²) in [6, 6.07) is 7.15. The first-order valence-corrected chi connectivity index (χ1v) is 6.85. The molecule has 0 aliphatic rings. The summed E-state index contributed by atoms with van der Waals surface area (Å²) in [5.74, 6) is -2.18. The van der Waals surface area contributed by atoms with Gasteiger partial charge in [-0.15, -0.1) is 0 Å². The molecule has 0 saturated carbocycles. The van der Waals surface area contributed by atoms with Gasteiger partial charge in [-0.1, -0.05) is 30.3 Å². The lowest BCUT2D eigenvalue weighted by Crippen LogP contribution is -2.48. The summed E-state index contributed by atoms with van der Waals surface area (Å²) in [5, 5.41) is 21.7. The lowest BCUT2D eigenvalue weighted by molar-refractivity contribution is -0.153. The minimum absolute atomic E-state index is 0.00419. The first-order valence-electron chi connectivity index (χ1n) is 6.85. The van der Waals surface area contributed by atoms with E-state index in [-0.39, 0.29) is 19.0 Å². The Hall–Kier alpha value is -2.41. The number of aliphatic carboxylic acids is 1. The summed E-state index contributed by atoms with van der Waals surface area (Å²) in [6.07, 6.45) is -1.44. The number of aliphatic hydroxyl groups excluding tert-OH is 1. The van der Waals surface area contributed by atoms with Crippen molar-refractivity contribution in [1.29, 1.82) is 0 Å². The molecule has 1 rings (SSSR count). The lowest BCUT2D eigenvalue weighted by Gasteiger charge is -2.28. The maximum atomic E-state index is 12.4. The van der Waals surface area contributed by atoms with Gasteiger partial charge in [-0.3, -0.25) is 9.59 Å². The second-order valence-electron chi connectivity index (χ2n) is 4.84. The molecule has 0 bridgehead atoms. The fourth-order valence-corrected chi connectivity index (χ4v) is 1.92. The van der Waals surface area contributed by atoms with Crippen molar-refractivity contribution in [3.8, 4) is 0 Å². The molecule has 1 unspecified atom stereocenters. The van der Waals surface area contributed by atoms with Gasteiger partial charge in [0.05, 0.1) is 0 Å². The van der Waals surface area contributed by atoms with Crippen LogP contribution in [-0.4, -0.2) is 52.0 Å². The van der Waals surface area contributed by atoms with Crippen LogP contribution in [0.3, 0.4) is 0 Å². The first-order chi connectivity index (χ1) is 10.3. The van der Waals surface area contributed by atoms with Crippen LogP contribution in [-0.2, 0) is 14.4 Å². The normalized spacial score (nSPS) is 13.0. The third-order valence-corrected chi connectivity index (χ3v) is 3.18. The topological polar surface area (TPSA) is 107 Å². The SMILES string of the molecule is CC(=O)NCCN(C(=O)[C@H](O)c1ccccc1)C(C)C(=O)O. The summed E-state index contributed by atoms with van der Waals surface area (Å²) in [7, 11) is 0. The van der Waals surface area contributed by atoms with E-state index in [0.717, 1.165) is 4.90 Å². The van der Waals surface area contributed by atoms with Crippen molar-refractivity contribution < 1.29 is 24.6 Å². The highest BCUT2D eigenvalue weighted by Gasteiger charge is 2.30. The van der Waals surface area contributed by atoms with Gasteiger partial charge in [-0.05, 0) is 12.5 Å². The third kappa shape index (κ3) is 4.85. The summed E-state index contributed by atoms with van der Waals surface area (Å²) >= 11 is 0. The zero-order chi connectivity index (χ0) is 16.7. The number of rotatable bonds is 7. The van der Waals surface area contributed by atoms with Crippen LogP contribution in [0.4, 0.5) is 0 Å². The molecule has 1 aromatic carbocycles. The molecular weight excluding hydrogens is 288 g/mol. The van der Waals surface area contributed by atoms with Crippen molar-refractivity contribution in [2.45, 2.75) is 26.0 Å². The van der Waals surface area contributed by atoms with E-state index in [0.29, 0.717) is 5.56 Å². The molecule has 2 amide bonds. The fraction of sp³-hybridized carbons (Fsp3) is 0.400. The van der Waals surface area contributed by atoms with Crippen molar-refractivity contribution >= 4 is 17.8 Å². The molecule has 120 valence electrons. The number of carbonyl (C=O) groups is 3. The van der Waals surface area contributed by atoms with E-state index in [4.69, 9.17) is 5.11 Å². The van der Waals surface area contributed by atoms with Gasteiger partial charge in [0.1, 0.15) is 6.04 Å². The van der Waals surface area contributed by atoms with Crippen LogP contribution in [0.25, 0.3) is 0 Å². The van der Waals surface area contributed by atoms with Gasteiger partial charge in [-0.2, -0.15) is 0 Å². The number of nitrogens with one attached hydrogen (secondary N) is 1. The van der Waals surface area contributed by atoms with Crippen molar-refractivity contribution in [2.24, 2.45) is 0 Å². The Morgan fingerprint density at radius 1 is 1.23 bits per heavy atom. The van der Waals surface area contributed by atoms with Gasteiger partial charge in [0.25, 0.3) is 5.91 Å². The first kappa shape index (κ1) is 17.6. The van der Waals surface area contributed by atoms with Crippen LogP contribution in [0.15, 0.2) is 30.3 Å². The van der Waals surface area contributed by atoms with Gasteiger partial charge in [0, 0.05) is 20.0 Å². The molecule has 0 aliphatic heterocycles. The van der Waals surface area contributed by atoms with Gasteiger partial charge in [0.2, 0.25) is 5.91 Å². The molecule has 0 saturated heterocycles. The van der Waals surface area contributed by atoms with Crippen LogP contribution in [0.2, 0.25) is 0 Å². The zero-order valence-electron chi connectivity index (χ0n) is 12.5. The second-order valence-corrected chi connectivity index (χ2v) is 4.84. The van der Waals surface area contributed by atoms with Crippen LogP contribution < -0.4 is 5.32 Å². The number of hydrogen-bond acceptors (Lipinski definition) is 4. The molecule has 0 heterocycles. The Labute approximate surface area is 128 Å². The van der Waals surface area contributed by atoms with Crippen LogP contribution in [0.5, 0.6) is 0 Å². The zero-order valence-corrected chi connectivity index (χ0v) is 12.5. The van der Waals surface area contributed by atoms with E-state index in [1.54, 1.807) is 30.3 Å². The summed E-state index contributed by atoms with van der Waals surface area (Å²) < 4.78 is 0. The van der Waals surface area contributed by atoms with Gasteiger partial charge < -0.3 is 20.4 Å². The minimum atomic E-state index is -1.44. The highest BCUT2D eigenvalue weighted by Crippen LogP contribution is 2.16. The second kappa shape index (κ2) is 8.14. The van der Waals surface area contributed by atoms with Gasteiger partial charge in [0.15, 0.2) is 6.10 Å². The Morgan fingerprint density at radius 2 is 1.82 bits per heavy atom. The number of carboxylic acid groups (broad SMARTS) is 1. The number of hydrogen-bond donors (Lipinski definition) is 3. The summed E-state index contributed by atoms with van der Waals surface area (Å²) in [4.78, 5) is 35.4. The number of carbonyl (C=O) groups excluding carboxylic acids is 2. The Morgan fingerprint density at radius 3 is 2.32 bits per heavy atom. The van der Waals surface area contributed by atoms with Crippen molar-refractivity contribution in [3.05, 3.63) is 35.9 Å². The molecule has 0 aromatic heterocycles. The maximum Gasteiger partial charge on any atom is 0.326 e. The number of nitrogens with zero attached hydrogens (tertiary/aromatic N) is 1. The average molecular weight is 308 g/mol. The maximum absolute atomic E-state index is 12.4. The largest absolute Gasteiger partial charge is 0.480 e. The highest BCUT2D eigenvalue weighted by atomic mass is 16.4. The molecule has 0 aliphatic carbocycles. The van der Waals surface area contributed by atoms with E-state index < -0.39 is 24.0 Å². The molecule has 0 radical (unpaired) electrons. The fourth-order valence-electron chi connectivity index (χ4n) is 1.92. The van der Waals surface area contributed by atoms with Crippen molar-refractivity contribution in [2.75, 3.05) is 13.1 Å². The smallest absolute Gasteiger partial charge is 0.326 e. The van der Waals surface area contributed by atoms with Crippen molar-refractivity contribution in [1.82, 2.24) is 10.2 Å². The minimum Gasteiger partial charge on any atom is -0.480 e. The van der Waals surface area contributed by atoms with Gasteiger partial charge in [-0.25, -0.2) is 4.79 Å². The molecular formula is C15H20N2O5. The molecule has 0 fully saturated rings.